The van der Waals surface area contributed by atoms with E-state index in [4.69, 9.17) is 46.0 Å². The molecule has 2 aliphatic heterocycles. The molecule has 72 heavy (non-hydrogen) atoms. The lowest BCUT2D eigenvalue weighted by Crippen LogP contribution is -2.41. The highest BCUT2D eigenvalue weighted by molar-refractivity contribution is 7.91. The molecule has 0 aromatic heterocycles. The molecule has 0 N–H and O–H groups in total. The first kappa shape index (κ1) is 54.8. The third-order valence-electron chi connectivity index (χ3n) is 13.9. The number of hydrogen-bond donors (Lipinski definition) is 0. The first-order chi connectivity index (χ1) is 32.8. The van der Waals surface area contributed by atoms with Crippen molar-refractivity contribution in [1.29, 1.82) is 0 Å². The van der Waals surface area contributed by atoms with Gasteiger partial charge in [-0.25, -0.2) is 44.1 Å². The van der Waals surface area contributed by atoms with Gasteiger partial charge in [0.15, 0.2) is 31.0 Å². The van der Waals surface area contributed by atoms with Crippen LogP contribution in [-0.2, 0) is 55.9 Å². The van der Waals surface area contributed by atoms with E-state index in [1.54, 1.807) is 45.0 Å². The molecule has 0 saturated carbocycles. The molecule has 0 unspecified atom stereocenters. The second-order valence-electron chi connectivity index (χ2n) is 21.8. The summed E-state index contributed by atoms with van der Waals surface area (Å²) in [7, 11) is -9.07. The molecule has 2 heterocycles. The van der Waals surface area contributed by atoms with Crippen molar-refractivity contribution in [3.63, 3.8) is 0 Å². The Morgan fingerprint density at radius 1 is 0.597 bits per heavy atom. The predicted molar refractivity (Wildman–Crippen MR) is 265 cm³/mol. The molecular weight excluding hydrogens is 978 g/mol. The van der Waals surface area contributed by atoms with E-state index in [0.717, 1.165) is 12.5 Å². The molecule has 0 radical (unpaired) electrons. The normalized spacial score (nSPS) is 22.0. The molecule has 4 aliphatic rings. The van der Waals surface area contributed by atoms with Gasteiger partial charge in [-0.1, -0.05) is 19.1 Å². The summed E-state index contributed by atoms with van der Waals surface area (Å²) in [5, 5.41) is 0. The van der Waals surface area contributed by atoms with Crippen molar-refractivity contribution < 1.29 is 67.2 Å². The number of alkyl halides is 4. The quantitative estimate of drug-likeness (QED) is 0.0898. The van der Waals surface area contributed by atoms with Gasteiger partial charge in [-0.2, -0.15) is 0 Å². The zero-order valence-corrected chi connectivity index (χ0v) is 44.3. The fraction of sp³-hybridized carbons (Fsp3) is 0.490. The van der Waals surface area contributed by atoms with Crippen molar-refractivity contribution in [3.05, 3.63) is 106 Å². The van der Waals surface area contributed by atoms with Gasteiger partial charge in [-0.05, 0) is 141 Å². The summed E-state index contributed by atoms with van der Waals surface area (Å²) >= 11 is 0. The van der Waals surface area contributed by atoms with E-state index in [0.29, 0.717) is 10.9 Å². The summed E-state index contributed by atoms with van der Waals surface area (Å²) in [6.07, 6.45) is -1.17. The van der Waals surface area contributed by atoms with E-state index in [-0.39, 0.29) is 66.4 Å². The number of hydrogen-bond acceptors (Lipinski definition) is 11. The summed E-state index contributed by atoms with van der Waals surface area (Å²) in [6, 6.07) is 14.8. The van der Waals surface area contributed by atoms with Crippen LogP contribution in [0.5, 0.6) is 23.0 Å². The number of benzene rings is 4. The second-order valence-corrected chi connectivity index (χ2v) is 25.8. The van der Waals surface area contributed by atoms with Crippen LogP contribution in [-0.4, -0.2) is 83.4 Å². The second kappa shape index (κ2) is 18.1. The van der Waals surface area contributed by atoms with Gasteiger partial charge in [0.05, 0.1) is 50.9 Å². The van der Waals surface area contributed by atoms with Crippen molar-refractivity contribution in [2.24, 2.45) is 0 Å². The largest absolute Gasteiger partial charge is 0.493 e. The van der Waals surface area contributed by atoms with Gasteiger partial charge in [-0.3, -0.25) is 0 Å². The Balaban J connectivity index is 0.000000213. The van der Waals surface area contributed by atoms with Crippen LogP contribution >= 0.6 is 0 Å². The van der Waals surface area contributed by atoms with Crippen LogP contribution in [0.1, 0.15) is 117 Å². The van der Waals surface area contributed by atoms with Gasteiger partial charge in [0.2, 0.25) is 0 Å². The van der Waals surface area contributed by atoms with Crippen LogP contribution in [0, 0.1) is 13.1 Å². The van der Waals surface area contributed by atoms with Crippen LogP contribution in [0.4, 0.5) is 28.9 Å². The zero-order chi connectivity index (χ0) is 53.7. The van der Waals surface area contributed by atoms with Gasteiger partial charge >= 0.3 is 14.2 Å². The fourth-order valence-electron chi connectivity index (χ4n) is 8.79. The zero-order valence-electron chi connectivity index (χ0n) is 42.7. The summed E-state index contributed by atoms with van der Waals surface area (Å²) in [4.78, 5) is 6.66. The Labute approximate surface area is 420 Å². The first-order valence-corrected chi connectivity index (χ1v) is 26.8. The maximum Gasteiger partial charge on any atom is 0.493 e. The molecule has 2 atom stereocenters. The van der Waals surface area contributed by atoms with E-state index >= 15 is 8.78 Å². The molecule has 4 aromatic carbocycles. The lowest BCUT2D eigenvalue weighted by Gasteiger charge is -2.32. The molecule has 2 aliphatic carbocycles. The SMILES string of the molecule is [C-]#[N+]c1cc(Oc2ccc(S(C)(=O)=O)c3c2CC(F)(F)[C@H]3C)cc(B2OC(C)(C)C(C)(C)O2)c1.[C-]#[N+]c1cc(Oc2ccc(S(C)(=O)=O)c3c2CC(F)(F)[C@H]3OC(C)(C)C)cc(B2OC(C)(C)C(C)(C)O2)c1. The van der Waals surface area contributed by atoms with E-state index < -0.39 is 98.6 Å². The molecule has 0 bridgehead atoms. The highest BCUT2D eigenvalue weighted by Crippen LogP contribution is 2.54. The Morgan fingerprint density at radius 3 is 1.32 bits per heavy atom. The Bertz CT molecular complexity index is 3130. The monoisotopic (exact) mass is 1040 g/mol. The average molecular weight is 1040 g/mol. The molecular formula is C51H58B2F4N2O11S2. The predicted octanol–water partition coefficient (Wildman–Crippen LogP) is 10.8. The van der Waals surface area contributed by atoms with E-state index in [1.807, 2.05) is 55.4 Å². The maximum absolute atomic E-state index is 15.3. The summed E-state index contributed by atoms with van der Waals surface area (Å²) < 4.78 is 152. The molecule has 0 amide bonds. The minimum atomic E-state index is -3.85. The van der Waals surface area contributed by atoms with Crippen LogP contribution in [0.25, 0.3) is 9.69 Å². The highest BCUT2D eigenvalue weighted by Gasteiger charge is 2.55. The lowest BCUT2D eigenvalue weighted by atomic mass is 9.79. The van der Waals surface area contributed by atoms with Crippen molar-refractivity contribution in [1.82, 2.24) is 0 Å². The van der Waals surface area contributed by atoms with Gasteiger partial charge in [0.1, 0.15) is 29.1 Å². The van der Waals surface area contributed by atoms with Crippen LogP contribution in [0.2, 0.25) is 0 Å². The smallest absolute Gasteiger partial charge is 0.458 e. The summed E-state index contributed by atoms with van der Waals surface area (Å²) in [6.45, 7) is 36.5. The minimum absolute atomic E-state index is 0.0533. The van der Waals surface area contributed by atoms with Gasteiger partial charge < -0.3 is 32.8 Å². The lowest BCUT2D eigenvalue weighted by molar-refractivity contribution is -0.174. The van der Waals surface area contributed by atoms with Crippen molar-refractivity contribution in [2.45, 2.75) is 158 Å². The average Bonchev–Trinajstić information content (AvgIpc) is 3.82. The summed E-state index contributed by atoms with van der Waals surface area (Å²) in [5.41, 5.74) is -1.54. The van der Waals surface area contributed by atoms with Gasteiger partial charge in [0, 0.05) is 48.0 Å². The molecule has 13 nitrogen and oxygen atoms in total. The number of fused-ring (bicyclic) bond motifs is 2. The van der Waals surface area contributed by atoms with Crippen LogP contribution in [0.15, 0.2) is 70.5 Å². The molecule has 384 valence electrons. The molecule has 4 aromatic rings. The fourth-order valence-corrected chi connectivity index (χ4v) is 10.8. The van der Waals surface area contributed by atoms with Crippen molar-refractivity contribution in [2.75, 3.05) is 12.5 Å². The number of halogens is 4. The van der Waals surface area contributed by atoms with Crippen LogP contribution < -0.4 is 20.4 Å². The molecule has 0 spiro atoms. The van der Waals surface area contributed by atoms with Crippen molar-refractivity contribution >= 4 is 56.2 Å². The third-order valence-corrected chi connectivity index (χ3v) is 16.3. The highest BCUT2D eigenvalue weighted by atomic mass is 32.2. The van der Waals surface area contributed by atoms with Gasteiger partial charge in [-0.15, -0.1) is 0 Å². The van der Waals surface area contributed by atoms with Crippen LogP contribution in [0.3, 0.4) is 0 Å². The molecule has 21 heteroatoms. The third kappa shape index (κ3) is 10.7. The number of nitrogens with zero attached hydrogens (tertiary/aromatic N) is 2. The maximum atomic E-state index is 15.3. The standard InChI is InChI=1S/C27H32BF2NO6S.C24H26BF2NO5S/c1-24(2,3)35-23-22-19(15-27(23,29)30)20(10-11-21(22)38(9,32)33)34-18-13-16(12-17(14-18)31-8)28-36-25(4,5)26(6,7)37-28;1-14-21-18(13-24(14,26)27)19(8-9-20(21)34(7,29)30)31-17-11-15(10-16(12-17)28-6)25-32-22(2,3)23(4,5)33-25/h10-14,23H,15H2,1-7,9H3;8-12,14H,13H2,1-5,7H3/t23-;14-/m00/s1. The van der Waals surface area contributed by atoms with E-state index in [9.17, 15) is 25.6 Å². The van der Waals surface area contributed by atoms with Gasteiger partial charge in [0.25, 0.3) is 11.8 Å². The Kier molecular flexibility index (Phi) is 13.8. The number of ether oxygens (including phenoxy) is 3. The molecule has 8 rings (SSSR count). The molecule has 2 saturated heterocycles. The minimum Gasteiger partial charge on any atom is -0.458 e. The van der Waals surface area contributed by atoms with E-state index in [1.165, 1.54) is 43.3 Å². The topological polar surface area (TPSA) is 142 Å². The number of rotatable bonds is 9. The molecule has 2 fully saturated rings. The Hall–Kier alpha value is -4.99. The van der Waals surface area contributed by atoms with Crippen molar-refractivity contribution in [3.8, 4) is 23.0 Å². The Morgan fingerprint density at radius 2 is 0.958 bits per heavy atom. The number of sulfone groups is 2. The van der Waals surface area contributed by atoms with E-state index in [2.05, 4.69) is 9.69 Å². The summed E-state index contributed by atoms with van der Waals surface area (Å²) in [5.74, 6) is -7.08. The first-order valence-electron chi connectivity index (χ1n) is 23.1.